The van der Waals surface area contributed by atoms with Gasteiger partial charge in [0.05, 0.1) is 16.2 Å². The van der Waals surface area contributed by atoms with Crippen molar-refractivity contribution in [2.24, 2.45) is 5.41 Å². The van der Waals surface area contributed by atoms with E-state index in [0.29, 0.717) is 16.9 Å². The van der Waals surface area contributed by atoms with E-state index < -0.39 is 21.5 Å². The highest BCUT2D eigenvalue weighted by Crippen LogP contribution is 2.22. The first kappa shape index (κ1) is 29.0. The third-order valence-corrected chi connectivity index (χ3v) is 7.01. The van der Waals surface area contributed by atoms with Gasteiger partial charge >= 0.3 is 6.09 Å². The number of hydrogen-bond acceptors (Lipinski definition) is 4. The van der Waals surface area contributed by atoms with Crippen LogP contribution in [0.3, 0.4) is 0 Å². The molecular weight excluding hydrogens is 434 g/mol. The van der Waals surface area contributed by atoms with Gasteiger partial charge in [0.2, 0.25) is 0 Å². The third-order valence-electron chi connectivity index (χ3n) is 5.28. The van der Waals surface area contributed by atoms with Crippen molar-refractivity contribution in [3.8, 4) is 11.8 Å². The van der Waals surface area contributed by atoms with Gasteiger partial charge in [0.25, 0.3) is 0 Å². The molecule has 0 saturated carbocycles. The SMILES string of the molecule is CCCCCC(CCC)OC(=O)NC(C)(C)C#Cc1ccc(S(=O)(=O)CCC(C)(C)C)cc1. The van der Waals surface area contributed by atoms with Crippen molar-refractivity contribution in [2.75, 3.05) is 5.75 Å². The Morgan fingerprint density at radius 1 is 1.00 bits per heavy atom. The molecule has 1 atom stereocenters. The monoisotopic (exact) mass is 477 g/mol. The quantitative estimate of drug-likeness (QED) is 0.291. The second-order valence-corrected chi connectivity index (χ2v) is 12.6. The van der Waals surface area contributed by atoms with Crippen molar-refractivity contribution < 1.29 is 17.9 Å². The summed E-state index contributed by atoms with van der Waals surface area (Å²) in [5.41, 5.74) is -0.129. The minimum atomic E-state index is -3.32. The average Bonchev–Trinajstić information content (AvgIpc) is 2.71. The van der Waals surface area contributed by atoms with Crippen LogP contribution in [-0.4, -0.2) is 31.9 Å². The molecule has 1 amide bonds. The highest BCUT2D eigenvalue weighted by atomic mass is 32.2. The van der Waals surface area contributed by atoms with Crippen molar-refractivity contribution in [2.45, 2.75) is 110 Å². The summed E-state index contributed by atoms with van der Waals surface area (Å²) in [7, 11) is -3.32. The molecule has 0 aromatic heterocycles. The number of sulfone groups is 1. The molecule has 0 heterocycles. The van der Waals surface area contributed by atoms with Crippen molar-refractivity contribution in [1.82, 2.24) is 5.32 Å². The van der Waals surface area contributed by atoms with Crippen LogP contribution in [-0.2, 0) is 14.6 Å². The molecule has 1 N–H and O–H groups in total. The molecule has 0 aliphatic heterocycles. The largest absolute Gasteiger partial charge is 0.446 e. The molecule has 1 aromatic carbocycles. The fourth-order valence-corrected chi connectivity index (χ4v) is 4.87. The molecule has 0 saturated heterocycles. The van der Waals surface area contributed by atoms with Crippen LogP contribution in [0, 0.1) is 17.3 Å². The van der Waals surface area contributed by atoms with Crippen LogP contribution in [0.15, 0.2) is 29.2 Å². The van der Waals surface area contributed by atoms with Gasteiger partial charge in [-0.25, -0.2) is 13.2 Å². The summed E-state index contributed by atoms with van der Waals surface area (Å²) in [5, 5.41) is 2.84. The minimum absolute atomic E-state index is 0.0374. The lowest BCUT2D eigenvalue weighted by molar-refractivity contribution is 0.0815. The van der Waals surface area contributed by atoms with Crippen molar-refractivity contribution in [3.63, 3.8) is 0 Å². The van der Waals surface area contributed by atoms with E-state index in [1.54, 1.807) is 24.3 Å². The zero-order valence-corrected chi connectivity index (χ0v) is 22.4. The molecule has 186 valence electrons. The van der Waals surface area contributed by atoms with E-state index in [9.17, 15) is 13.2 Å². The van der Waals surface area contributed by atoms with Crippen LogP contribution >= 0.6 is 0 Å². The summed E-state index contributed by atoms with van der Waals surface area (Å²) in [5.74, 6) is 6.21. The van der Waals surface area contributed by atoms with Gasteiger partial charge < -0.3 is 10.1 Å². The van der Waals surface area contributed by atoms with Gasteiger partial charge in [-0.1, -0.05) is 65.7 Å². The Morgan fingerprint density at radius 2 is 1.64 bits per heavy atom. The molecular formula is C27H43NO4S. The number of alkyl carbamates (subject to hydrolysis) is 1. The van der Waals surface area contributed by atoms with Crippen molar-refractivity contribution in [3.05, 3.63) is 29.8 Å². The maximum Gasteiger partial charge on any atom is 0.408 e. The van der Waals surface area contributed by atoms with Crippen LogP contribution in [0.1, 0.15) is 99.0 Å². The Hall–Kier alpha value is -2.00. The third kappa shape index (κ3) is 12.1. The van der Waals surface area contributed by atoms with E-state index >= 15 is 0 Å². The summed E-state index contributed by atoms with van der Waals surface area (Å²) in [6.07, 6.45) is 6.11. The number of unbranched alkanes of at least 4 members (excludes halogenated alkanes) is 2. The smallest absolute Gasteiger partial charge is 0.408 e. The fourth-order valence-electron chi connectivity index (χ4n) is 3.21. The predicted octanol–water partition coefficient (Wildman–Crippen LogP) is 6.50. The topological polar surface area (TPSA) is 72.5 Å². The molecule has 6 heteroatoms. The second kappa shape index (κ2) is 13.0. The molecule has 0 fully saturated rings. The Labute approximate surface area is 202 Å². The molecule has 5 nitrogen and oxygen atoms in total. The summed E-state index contributed by atoms with van der Waals surface area (Å²) >= 11 is 0. The standard InChI is InChI=1S/C27H43NO4S/c1-8-10-11-13-23(12-9-2)32-25(29)28-27(6,7)19-18-22-14-16-24(17-15-22)33(30,31)21-20-26(3,4)5/h14-17,23H,8-13,20-21H2,1-7H3,(H,28,29). The zero-order valence-electron chi connectivity index (χ0n) is 21.6. The number of benzene rings is 1. The predicted molar refractivity (Wildman–Crippen MR) is 136 cm³/mol. The first-order chi connectivity index (χ1) is 15.3. The summed E-state index contributed by atoms with van der Waals surface area (Å²) in [6, 6.07) is 6.61. The van der Waals surface area contributed by atoms with Crippen molar-refractivity contribution >= 4 is 15.9 Å². The molecule has 0 spiro atoms. The molecule has 0 aliphatic carbocycles. The van der Waals surface area contributed by atoms with Gasteiger partial charge in [-0.05, 0) is 69.2 Å². The lowest BCUT2D eigenvalue weighted by Gasteiger charge is -2.23. The number of ether oxygens (including phenoxy) is 1. The van der Waals surface area contributed by atoms with Crippen LogP contribution < -0.4 is 5.32 Å². The second-order valence-electron chi connectivity index (χ2n) is 10.5. The molecule has 0 bridgehead atoms. The minimum Gasteiger partial charge on any atom is -0.446 e. The maximum absolute atomic E-state index is 12.5. The van der Waals surface area contributed by atoms with Gasteiger partial charge in [-0.15, -0.1) is 0 Å². The number of nitrogens with one attached hydrogen (secondary N) is 1. The van der Waals surface area contributed by atoms with E-state index in [-0.39, 0.29) is 17.3 Å². The normalized spacial score (nSPS) is 13.1. The van der Waals surface area contributed by atoms with Crippen LogP contribution in [0.25, 0.3) is 0 Å². The fraction of sp³-hybridized carbons (Fsp3) is 0.667. The molecule has 1 rings (SSSR count). The van der Waals surface area contributed by atoms with E-state index in [4.69, 9.17) is 4.74 Å². The molecule has 0 aliphatic rings. The molecule has 33 heavy (non-hydrogen) atoms. The number of carbonyl (C=O) groups excluding carboxylic acids is 1. The first-order valence-corrected chi connectivity index (χ1v) is 13.8. The van der Waals surface area contributed by atoms with Gasteiger partial charge in [-0.3, -0.25) is 0 Å². The Bertz CT molecular complexity index is 900. The van der Waals surface area contributed by atoms with Gasteiger partial charge in [0.15, 0.2) is 9.84 Å². The maximum atomic E-state index is 12.5. The van der Waals surface area contributed by atoms with E-state index in [1.807, 2.05) is 34.6 Å². The number of hydrogen-bond donors (Lipinski definition) is 1. The Morgan fingerprint density at radius 3 is 2.18 bits per heavy atom. The Balaban J connectivity index is 2.75. The zero-order chi connectivity index (χ0) is 25.1. The van der Waals surface area contributed by atoms with Gasteiger partial charge in [0, 0.05) is 5.56 Å². The highest BCUT2D eigenvalue weighted by Gasteiger charge is 2.22. The highest BCUT2D eigenvalue weighted by molar-refractivity contribution is 7.91. The number of carbonyl (C=O) groups is 1. The van der Waals surface area contributed by atoms with Gasteiger partial charge in [-0.2, -0.15) is 0 Å². The van der Waals surface area contributed by atoms with Gasteiger partial charge in [0.1, 0.15) is 6.10 Å². The number of rotatable bonds is 11. The molecule has 0 radical (unpaired) electrons. The lowest BCUT2D eigenvalue weighted by Crippen LogP contribution is -2.43. The van der Waals surface area contributed by atoms with E-state index in [2.05, 4.69) is 31.0 Å². The van der Waals surface area contributed by atoms with Crippen LogP contribution in [0.2, 0.25) is 0 Å². The van der Waals surface area contributed by atoms with E-state index in [1.165, 1.54) is 0 Å². The average molecular weight is 478 g/mol. The summed E-state index contributed by atoms with van der Waals surface area (Å²) < 4.78 is 30.7. The summed E-state index contributed by atoms with van der Waals surface area (Å²) in [4.78, 5) is 12.7. The van der Waals surface area contributed by atoms with E-state index in [0.717, 1.165) is 38.5 Å². The van der Waals surface area contributed by atoms with Crippen LogP contribution in [0.4, 0.5) is 4.79 Å². The first-order valence-electron chi connectivity index (χ1n) is 12.1. The summed E-state index contributed by atoms with van der Waals surface area (Å²) in [6.45, 7) is 14.0. The molecule has 1 unspecified atom stereocenters. The molecule has 1 aromatic rings. The Kier molecular flexibility index (Phi) is 11.5. The van der Waals surface area contributed by atoms with Crippen LogP contribution in [0.5, 0.6) is 0 Å². The lowest BCUT2D eigenvalue weighted by atomic mass is 9.94. The number of amides is 1. The van der Waals surface area contributed by atoms with Crippen molar-refractivity contribution in [1.29, 1.82) is 0 Å².